The Morgan fingerprint density at radius 3 is 2.75 bits per heavy atom. The van der Waals surface area contributed by atoms with Gasteiger partial charge in [0.2, 0.25) is 5.91 Å². The summed E-state index contributed by atoms with van der Waals surface area (Å²) >= 11 is 0. The van der Waals surface area contributed by atoms with Crippen molar-refractivity contribution in [1.29, 1.82) is 5.26 Å². The van der Waals surface area contributed by atoms with E-state index < -0.39 is 17.7 Å². The molecule has 66 valence electrons. The first-order valence-electron chi connectivity index (χ1n) is 3.60. The van der Waals surface area contributed by atoms with Crippen LogP contribution in [0, 0.1) is 17.2 Å². The lowest BCUT2D eigenvalue weighted by Crippen LogP contribution is -2.48. The second-order valence-electron chi connectivity index (χ2n) is 2.73. The number of carbonyl (C=O) groups is 1. The minimum Gasteiger partial charge on any atom is -0.343 e. The topological polar surface area (TPSA) is 52.9 Å². The van der Waals surface area contributed by atoms with E-state index in [0.717, 1.165) is 0 Å². The zero-order valence-corrected chi connectivity index (χ0v) is 6.31. The zero-order chi connectivity index (χ0) is 9.19. The van der Waals surface area contributed by atoms with Crippen molar-refractivity contribution in [3.05, 3.63) is 0 Å². The van der Waals surface area contributed by atoms with Crippen molar-refractivity contribution in [2.75, 3.05) is 6.54 Å². The van der Waals surface area contributed by atoms with Gasteiger partial charge in [0.15, 0.2) is 0 Å². The number of halogens is 2. The van der Waals surface area contributed by atoms with Crippen molar-refractivity contribution in [1.82, 2.24) is 5.32 Å². The van der Waals surface area contributed by atoms with E-state index in [0.29, 0.717) is 0 Å². The van der Waals surface area contributed by atoms with E-state index in [1.54, 1.807) is 6.07 Å². The predicted octanol–water partition coefficient (Wildman–Crippen LogP) is 0.671. The largest absolute Gasteiger partial charge is 0.343 e. The van der Waals surface area contributed by atoms with E-state index in [4.69, 9.17) is 5.26 Å². The van der Waals surface area contributed by atoms with Crippen LogP contribution in [0.2, 0.25) is 0 Å². The average molecular weight is 174 g/mol. The van der Waals surface area contributed by atoms with Gasteiger partial charge in [0.05, 0.1) is 6.07 Å². The Bertz CT molecular complexity index is 234. The Kier molecular flexibility index (Phi) is 2.27. The van der Waals surface area contributed by atoms with Gasteiger partial charge in [-0.05, 0) is 6.42 Å². The number of nitrogens with zero attached hydrogens (tertiary/aromatic N) is 1. The molecule has 1 rings (SSSR count). The Morgan fingerprint density at radius 2 is 2.42 bits per heavy atom. The minimum atomic E-state index is -2.86. The molecule has 0 aromatic rings. The monoisotopic (exact) mass is 174 g/mol. The molecule has 0 heterocycles. The van der Waals surface area contributed by atoms with Crippen molar-refractivity contribution in [2.45, 2.75) is 18.8 Å². The molecule has 3 nitrogen and oxygen atoms in total. The maximum Gasteiger partial charge on any atom is 0.259 e. The second kappa shape index (κ2) is 3.05. The van der Waals surface area contributed by atoms with Crippen molar-refractivity contribution in [3.8, 4) is 6.07 Å². The number of nitrogens with one attached hydrogen (secondary N) is 1. The third-order valence-electron chi connectivity index (χ3n) is 1.93. The Morgan fingerprint density at radius 1 is 1.75 bits per heavy atom. The summed E-state index contributed by atoms with van der Waals surface area (Å²) in [6, 6.07) is 1.65. The van der Waals surface area contributed by atoms with Crippen LogP contribution in [-0.4, -0.2) is 18.4 Å². The van der Waals surface area contributed by atoms with Crippen LogP contribution in [0.4, 0.5) is 8.78 Å². The lowest BCUT2D eigenvalue weighted by atomic mass is 9.80. The van der Waals surface area contributed by atoms with E-state index in [9.17, 15) is 13.6 Å². The fourth-order valence-electron chi connectivity index (χ4n) is 1.08. The van der Waals surface area contributed by atoms with Gasteiger partial charge in [0, 0.05) is 6.42 Å². The molecule has 1 N–H and O–H groups in total. The van der Waals surface area contributed by atoms with E-state index in [-0.39, 0.29) is 19.4 Å². The van der Waals surface area contributed by atoms with Crippen molar-refractivity contribution < 1.29 is 13.6 Å². The molecule has 12 heavy (non-hydrogen) atoms. The van der Waals surface area contributed by atoms with Crippen molar-refractivity contribution in [3.63, 3.8) is 0 Å². The highest BCUT2D eigenvalue weighted by molar-refractivity contribution is 5.80. The summed E-state index contributed by atoms with van der Waals surface area (Å²) in [5, 5.41) is 10.2. The molecule has 1 fully saturated rings. The van der Waals surface area contributed by atoms with Gasteiger partial charge in [-0.1, -0.05) is 0 Å². The first-order valence-corrected chi connectivity index (χ1v) is 3.60. The molecule has 1 unspecified atom stereocenters. The fraction of sp³-hybridized carbons (Fsp3) is 0.714. The number of hydrogen-bond acceptors (Lipinski definition) is 2. The third-order valence-corrected chi connectivity index (χ3v) is 1.93. The predicted molar refractivity (Wildman–Crippen MR) is 36.3 cm³/mol. The fourth-order valence-corrected chi connectivity index (χ4v) is 1.08. The number of hydrogen-bond donors (Lipinski definition) is 1. The Balaban J connectivity index is 2.39. The minimum absolute atomic E-state index is 0.203. The van der Waals surface area contributed by atoms with Crippen LogP contribution in [0.3, 0.4) is 0 Å². The molecule has 0 aliphatic heterocycles. The van der Waals surface area contributed by atoms with Crippen molar-refractivity contribution >= 4 is 5.91 Å². The molecule has 1 aliphatic carbocycles. The highest BCUT2D eigenvalue weighted by Crippen LogP contribution is 2.43. The SMILES string of the molecule is N#CCNC(=O)C1CCC1(F)F. The summed E-state index contributed by atoms with van der Waals surface area (Å²) in [6.07, 6.45) is -0.0120. The summed E-state index contributed by atoms with van der Waals surface area (Å²) in [5.41, 5.74) is 0. The average Bonchev–Trinajstić information content (AvgIpc) is 1.99. The normalized spacial score (nSPS) is 25.2. The van der Waals surface area contributed by atoms with E-state index in [1.807, 2.05) is 0 Å². The highest BCUT2D eigenvalue weighted by Gasteiger charge is 2.52. The quantitative estimate of drug-likeness (QED) is 0.625. The molecule has 0 aromatic carbocycles. The molecule has 0 saturated heterocycles. The molecular weight excluding hydrogens is 166 g/mol. The van der Waals surface area contributed by atoms with Gasteiger partial charge in [-0.15, -0.1) is 0 Å². The molecule has 0 spiro atoms. The molecule has 1 amide bonds. The first kappa shape index (κ1) is 8.91. The van der Waals surface area contributed by atoms with Gasteiger partial charge in [0.1, 0.15) is 12.5 Å². The van der Waals surface area contributed by atoms with Gasteiger partial charge in [-0.2, -0.15) is 5.26 Å². The maximum absolute atomic E-state index is 12.5. The second-order valence-corrected chi connectivity index (χ2v) is 2.73. The number of alkyl halides is 2. The van der Waals surface area contributed by atoms with Gasteiger partial charge >= 0.3 is 0 Å². The molecule has 0 aromatic heterocycles. The summed E-state index contributed by atoms with van der Waals surface area (Å²) in [5.74, 6) is -4.79. The number of rotatable bonds is 2. The van der Waals surface area contributed by atoms with Gasteiger partial charge in [0.25, 0.3) is 5.92 Å². The number of amides is 1. The van der Waals surface area contributed by atoms with Gasteiger partial charge < -0.3 is 5.32 Å². The first-order chi connectivity index (χ1) is 5.58. The molecule has 1 atom stereocenters. The summed E-state index contributed by atoms with van der Waals surface area (Å²) in [7, 11) is 0. The lowest BCUT2D eigenvalue weighted by molar-refractivity contribution is -0.162. The smallest absolute Gasteiger partial charge is 0.259 e. The van der Waals surface area contributed by atoms with Gasteiger partial charge in [-0.25, -0.2) is 8.78 Å². The van der Waals surface area contributed by atoms with Crippen LogP contribution >= 0.6 is 0 Å². The van der Waals surface area contributed by atoms with Crippen LogP contribution < -0.4 is 5.32 Å². The van der Waals surface area contributed by atoms with Crippen LogP contribution in [0.25, 0.3) is 0 Å². The van der Waals surface area contributed by atoms with Gasteiger partial charge in [-0.3, -0.25) is 4.79 Å². The number of nitriles is 1. The van der Waals surface area contributed by atoms with Crippen LogP contribution in [0.5, 0.6) is 0 Å². The third kappa shape index (κ3) is 1.52. The Hall–Kier alpha value is -1.18. The zero-order valence-electron chi connectivity index (χ0n) is 6.31. The molecule has 1 saturated carbocycles. The molecule has 5 heteroatoms. The van der Waals surface area contributed by atoms with Crippen LogP contribution in [0.1, 0.15) is 12.8 Å². The molecular formula is C7H8F2N2O. The van der Waals surface area contributed by atoms with E-state index in [2.05, 4.69) is 5.32 Å². The maximum atomic E-state index is 12.5. The standard InChI is InChI=1S/C7H8F2N2O/c8-7(9)2-1-5(7)6(12)11-4-3-10/h5H,1-2,4H2,(H,11,12). The Labute approximate surface area is 68.4 Å². The lowest BCUT2D eigenvalue weighted by Gasteiger charge is -2.34. The molecule has 0 radical (unpaired) electrons. The van der Waals surface area contributed by atoms with E-state index >= 15 is 0 Å². The molecule has 0 bridgehead atoms. The van der Waals surface area contributed by atoms with Crippen LogP contribution in [-0.2, 0) is 4.79 Å². The summed E-state index contributed by atoms with van der Waals surface area (Å²) in [4.78, 5) is 10.9. The van der Waals surface area contributed by atoms with Crippen molar-refractivity contribution in [2.24, 2.45) is 5.92 Å². The van der Waals surface area contributed by atoms with E-state index in [1.165, 1.54) is 0 Å². The van der Waals surface area contributed by atoms with Crippen LogP contribution in [0.15, 0.2) is 0 Å². The molecule has 1 aliphatic rings. The number of carbonyl (C=O) groups excluding carboxylic acids is 1. The summed E-state index contributed by atoms with van der Waals surface area (Å²) < 4.78 is 25.1. The summed E-state index contributed by atoms with van der Waals surface area (Å²) in [6.45, 7) is -0.203. The highest BCUT2D eigenvalue weighted by atomic mass is 19.3.